The lowest BCUT2D eigenvalue weighted by atomic mass is 9.71. The lowest BCUT2D eigenvalue weighted by Crippen LogP contribution is -2.38. The Labute approximate surface area is 180 Å². The summed E-state index contributed by atoms with van der Waals surface area (Å²) in [4.78, 5) is 0. The SMILES string of the molecule is CC1(C)C=C(OS(=O)(=O)C(F)(F)F)C(C)(Cc2ccccc2)C(OS(=O)(=O)C(F)(F)F)=C1. The van der Waals surface area contributed by atoms with Crippen LogP contribution in [-0.4, -0.2) is 27.9 Å². The molecule has 0 heterocycles. The second-order valence-corrected chi connectivity index (χ2v) is 10.9. The van der Waals surface area contributed by atoms with Crippen molar-refractivity contribution in [3.8, 4) is 0 Å². The molecule has 180 valence electrons. The molecule has 0 spiro atoms. The summed E-state index contributed by atoms with van der Waals surface area (Å²) in [6.45, 7) is 3.58. The standard InChI is InChI=1S/C18H18F6O6S2/c1-15(2)10-13(29-31(25,26)17(19,20)21)16(3,9-12-7-5-4-6-8-12)14(11-15)30-32(27,28)18(22,23)24/h4-8,10-11H,9H2,1-3H3. The van der Waals surface area contributed by atoms with E-state index in [-0.39, 0.29) is 0 Å². The Kier molecular flexibility index (Phi) is 6.49. The van der Waals surface area contributed by atoms with E-state index in [2.05, 4.69) is 8.37 Å². The van der Waals surface area contributed by atoms with Crippen LogP contribution in [0.15, 0.2) is 54.0 Å². The molecule has 1 aromatic rings. The van der Waals surface area contributed by atoms with Crippen LogP contribution in [0, 0.1) is 10.8 Å². The summed E-state index contributed by atoms with van der Waals surface area (Å²) in [5.74, 6) is -1.86. The minimum atomic E-state index is -6.23. The zero-order chi connectivity index (χ0) is 24.8. The summed E-state index contributed by atoms with van der Waals surface area (Å²) in [6, 6.07) is 7.52. The van der Waals surface area contributed by atoms with Gasteiger partial charge in [0.1, 0.15) is 11.5 Å². The van der Waals surface area contributed by atoms with E-state index in [0.717, 1.165) is 19.1 Å². The summed E-state index contributed by atoms with van der Waals surface area (Å²) >= 11 is 0. The van der Waals surface area contributed by atoms with E-state index in [4.69, 9.17) is 0 Å². The molecule has 1 aliphatic carbocycles. The van der Waals surface area contributed by atoms with E-state index in [9.17, 15) is 43.2 Å². The fourth-order valence-corrected chi connectivity index (χ4v) is 4.02. The monoisotopic (exact) mass is 508 g/mol. The average Bonchev–Trinajstić information content (AvgIpc) is 2.57. The Hall–Kier alpha value is -2.22. The van der Waals surface area contributed by atoms with Crippen molar-refractivity contribution in [1.29, 1.82) is 0 Å². The van der Waals surface area contributed by atoms with Gasteiger partial charge in [-0.25, -0.2) is 0 Å². The first-order valence-electron chi connectivity index (χ1n) is 8.72. The molecular weight excluding hydrogens is 490 g/mol. The van der Waals surface area contributed by atoms with E-state index in [1.54, 1.807) is 6.07 Å². The van der Waals surface area contributed by atoms with E-state index < -0.39 is 60.0 Å². The average molecular weight is 508 g/mol. The van der Waals surface area contributed by atoms with Crippen molar-refractivity contribution in [2.75, 3.05) is 0 Å². The predicted molar refractivity (Wildman–Crippen MR) is 100 cm³/mol. The summed E-state index contributed by atoms with van der Waals surface area (Å²) in [7, 11) is -12.5. The van der Waals surface area contributed by atoms with Crippen LogP contribution in [0.4, 0.5) is 26.3 Å². The maximum atomic E-state index is 13.0. The van der Waals surface area contributed by atoms with Gasteiger partial charge in [0.05, 0.1) is 5.41 Å². The number of halogens is 6. The summed E-state index contributed by atoms with van der Waals surface area (Å²) in [5, 5.41) is 0. The number of hydrogen-bond donors (Lipinski definition) is 0. The maximum absolute atomic E-state index is 13.0. The topological polar surface area (TPSA) is 86.7 Å². The van der Waals surface area contributed by atoms with E-state index >= 15 is 0 Å². The molecule has 0 radical (unpaired) electrons. The van der Waals surface area contributed by atoms with Crippen molar-refractivity contribution in [3.63, 3.8) is 0 Å². The molecule has 0 saturated carbocycles. The van der Waals surface area contributed by atoms with Gasteiger partial charge in [-0.05, 0) is 31.1 Å². The molecule has 14 heteroatoms. The lowest BCUT2D eigenvalue weighted by molar-refractivity contribution is -0.0548. The van der Waals surface area contributed by atoms with Crippen molar-refractivity contribution in [3.05, 3.63) is 59.6 Å². The van der Waals surface area contributed by atoms with Gasteiger partial charge in [-0.1, -0.05) is 44.2 Å². The Morgan fingerprint density at radius 2 is 1.12 bits per heavy atom. The molecule has 0 atom stereocenters. The van der Waals surface area contributed by atoms with Gasteiger partial charge in [-0.15, -0.1) is 0 Å². The molecule has 0 aliphatic heterocycles. The minimum Gasteiger partial charge on any atom is -0.380 e. The smallest absolute Gasteiger partial charge is 0.380 e. The summed E-state index contributed by atoms with van der Waals surface area (Å²) < 4.78 is 133. The number of alkyl halides is 6. The number of allylic oxidation sites excluding steroid dienone is 2. The highest BCUT2D eigenvalue weighted by atomic mass is 32.2. The maximum Gasteiger partial charge on any atom is 0.534 e. The Bertz CT molecular complexity index is 1060. The summed E-state index contributed by atoms with van der Waals surface area (Å²) in [5.41, 5.74) is -14.9. The van der Waals surface area contributed by atoms with Crippen molar-refractivity contribution in [1.82, 2.24) is 0 Å². The van der Waals surface area contributed by atoms with Crippen LogP contribution < -0.4 is 0 Å². The van der Waals surface area contributed by atoms with Crippen molar-refractivity contribution < 1.29 is 51.5 Å². The Morgan fingerprint density at radius 3 is 1.47 bits per heavy atom. The molecule has 2 rings (SSSR count). The lowest BCUT2D eigenvalue weighted by Gasteiger charge is -2.39. The highest BCUT2D eigenvalue weighted by molar-refractivity contribution is 7.88. The molecule has 0 fully saturated rings. The zero-order valence-electron chi connectivity index (χ0n) is 16.8. The fraction of sp³-hybridized carbons (Fsp3) is 0.444. The molecule has 6 nitrogen and oxygen atoms in total. The number of hydrogen-bond acceptors (Lipinski definition) is 6. The summed E-state index contributed by atoms with van der Waals surface area (Å²) in [6.07, 6.45) is 1.46. The molecule has 0 unspecified atom stereocenters. The number of benzene rings is 1. The Balaban J connectivity index is 2.69. The van der Waals surface area contributed by atoms with E-state index in [1.807, 2.05) is 0 Å². The van der Waals surface area contributed by atoms with Crippen LogP contribution >= 0.6 is 0 Å². The van der Waals surface area contributed by atoms with Gasteiger partial charge in [-0.2, -0.15) is 43.2 Å². The van der Waals surface area contributed by atoms with Gasteiger partial charge in [0, 0.05) is 5.41 Å². The van der Waals surface area contributed by atoms with Crippen LogP contribution in [-0.2, 0) is 35.0 Å². The van der Waals surface area contributed by atoms with Crippen LogP contribution in [0.2, 0.25) is 0 Å². The Morgan fingerprint density at radius 1 is 0.750 bits per heavy atom. The molecule has 1 aromatic carbocycles. The molecular formula is C18H18F6O6S2. The molecule has 0 bridgehead atoms. The molecule has 0 N–H and O–H groups in total. The zero-order valence-corrected chi connectivity index (χ0v) is 18.4. The third kappa shape index (κ3) is 5.39. The van der Waals surface area contributed by atoms with Gasteiger partial charge < -0.3 is 8.37 Å². The molecule has 0 saturated heterocycles. The van der Waals surface area contributed by atoms with Crippen LogP contribution in [0.1, 0.15) is 26.3 Å². The first-order valence-corrected chi connectivity index (χ1v) is 11.5. The predicted octanol–water partition coefficient (Wildman–Crippen LogP) is 4.78. The van der Waals surface area contributed by atoms with Crippen LogP contribution in [0.25, 0.3) is 0 Å². The first kappa shape index (κ1) is 26.0. The molecule has 0 amide bonds. The van der Waals surface area contributed by atoms with Gasteiger partial charge >= 0.3 is 31.3 Å². The molecule has 0 aromatic heterocycles. The largest absolute Gasteiger partial charge is 0.534 e. The third-order valence-corrected chi connectivity index (χ3v) is 6.39. The number of rotatable bonds is 6. The van der Waals surface area contributed by atoms with Crippen molar-refractivity contribution in [2.45, 2.75) is 38.2 Å². The van der Waals surface area contributed by atoms with E-state index in [0.29, 0.717) is 5.56 Å². The minimum absolute atomic E-state index is 0.326. The van der Waals surface area contributed by atoms with E-state index in [1.165, 1.54) is 38.1 Å². The third-order valence-electron chi connectivity index (χ3n) is 4.46. The van der Waals surface area contributed by atoms with Gasteiger partial charge in [0.25, 0.3) is 0 Å². The van der Waals surface area contributed by atoms with Crippen molar-refractivity contribution >= 4 is 20.2 Å². The van der Waals surface area contributed by atoms with Gasteiger partial charge in [0.2, 0.25) is 0 Å². The van der Waals surface area contributed by atoms with Crippen LogP contribution in [0.5, 0.6) is 0 Å². The second kappa shape index (κ2) is 7.97. The molecule has 1 aliphatic rings. The van der Waals surface area contributed by atoms with Gasteiger partial charge in [0.15, 0.2) is 0 Å². The fourth-order valence-electron chi connectivity index (χ4n) is 2.90. The second-order valence-electron chi connectivity index (χ2n) is 7.80. The quantitative estimate of drug-likeness (QED) is 0.313. The normalized spacial score (nSPS) is 19.0. The highest BCUT2D eigenvalue weighted by Gasteiger charge is 2.55. The van der Waals surface area contributed by atoms with Crippen LogP contribution in [0.3, 0.4) is 0 Å². The first-order chi connectivity index (χ1) is 14.2. The molecule has 32 heavy (non-hydrogen) atoms. The van der Waals surface area contributed by atoms with Gasteiger partial charge in [-0.3, -0.25) is 0 Å². The van der Waals surface area contributed by atoms with Crippen molar-refractivity contribution in [2.24, 2.45) is 10.8 Å². The highest BCUT2D eigenvalue weighted by Crippen LogP contribution is 2.50.